The lowest BCUT2D eigenvalue weighted by atomic mass is 10.1. The van der Waals surface area contributed by atoms with Crippen LogP contribution >= 0.6 is 0 Å². The Morgan fingerprint density at radius 2 is 2.04 bits per heavy atom. The molecule has 1 unspecified atom stereocenters. The van der Waals surface area contributed by atoms with Gasteiger partial charge in [0.1, 0.15) is 0 Å². The largest absolute Gasteiger partial charge is 0.326 e. The monoisotopic (exact) mass is 362 g/mol. The lowest BCUT2D eigenvalue weighted by Crippen LogP contribution is -2.32. The molecular weight excluding hydrogens is 336 g/mol. The fraction of sp³-hybridized carbons (Fsp3) is 0.318. The molecule has 0 spiro atoms. The zero-order valence-electron chi connectivity index (χ0n) is 16.1. The van der Waals surface area contributed by atoms with Gasteiger partial charge in [0.25, 0.3) is 0 Å². The van der Waals surface area contributed by atoms with Gasteiger partial charge in [0.2, 0.25) is 5.91 Å². The Bertz CT molecular complexity index is 911. The first-order valence-electron chi connectivity index (χ1n) is 9.35. The minimum Gasteiger partial charge on any atom is -0.326 e. The minimum absolute atomic E-state index is 0.0708. The maximum Gasteiger partial charge on any atom is 0.221 e. The molecule has 1 aromatic carbocycles. The molecule has 3 rings (SSSR count). The van der Waals surface area contributed by atoms with Crippen molar-refractivity contribution in [3.63, 3.8) is 0 Å². The van der Waals surface area contributed by atoms with Crippen molar-refractivity contribution >= 4 is 22.5 Å². The standard InChI is InChI=1S/C22H26N4O/c1-4-16(2)26(14-18-6-5-11-23-13-18)15-21-8-7-19-12-20(24-17(3)27)9-10-22(19)25-21/h5-13,16H,4,14-15H2,1-3H3,(H,24,27). The summed E-state index contributed by atoms with van der Waals surface area (Å²) in [6.07, 6.45) is 4.80. The van der Waals surface area contributed by atoms with Gasteiger partial charge in [-0.2, -0.15) is 0 Å². The summed E-state index contributed by atoms with van der Waals surface area (Å²) >= 11 is 0. The number of carbonyl (C=O) groups excluding carboxylic acids is 1. The Morgan fingerprint density at radius 3 is 2.74 bits per heavy atom. The fourth-order valence-corrected chi connectivity index (χ4v) is 3.10. The van der Waals surface area contributed by atoms with Gasteiger partial charge in [-0.15, -0.1) is 0 Å². The van der Waals surface area contributed by atoms with Crippen molar-refractivity contribution in [3.8, 4) is 0 Å². The van der Waals surface area contributed by atoms with Crippen LogP contribution in [0.4, 0.5) is 5.69 Å². The van der Waals surface area contributed by atoms with Crippen LogP contribution in [0.1, 0.15) is 38.4 Å². The molecule has 5 heteroatoms. The molecule has 0 aliphatic rings. The number of hydrogen-bond acceptors (Lipinski definition) is 4. The van der Waals surface area contributed by atoms with Gasteiger partial charge in [0.15, 0.2) is 0 Å². The SMILES string of the molecule is CCC(C)N(Cc1cccnc1)Cc1ccc2cc(NC(C)=O)ccc2n1. The highest BCUT2D eigenvalue weighted by atomic mass is 16.1. The molecule has 0 aliphatic heterocycles. The minimum atomic E-state index is -0.0708. The van der Waals surface area contributed by atoms with Crippen molar-refractivity contribution in [3.05, 3.63) is 66.1 Å². The molecule has 0 radical (unpaired) electrons. The van der Waals surface area contributed by atoms with E-state index < -0.39 is 0 Å². The van der Waals surface area contributed by atoms with Crippen LogP contribution in [-0.2, 0) is 17.9 Å². The van der Waals surface area contributed by atoms with Gasteiger partial charge in [0, 0.05) is 49.5 Å². The molecule has 0 aliphatic carbocycles. The van der Waals surface area contributed by atoms with Gasteiger partial charge in [-0.05, 0) is 49.2 Å². The molecule has 1 amide bonds. The summed E-state index contributed by atoms with van der Waals surface area (Å²) in [5.41, 5.74) is 3.98. The fourth-order valence-electron chi connectivity index (χ4n) is 3.10. The molecule has 140 valence electrons. The first-order valence-corrected chi connectivity index (χ1v) is 9.35. The summed E-state index contributed by atoms with van der Waals surface area (Å²) in [6, 6.07) is 14.5. The van der Waals surface area contributed by atoms with Gasteiger partial charge >= 0.3 is 0 Å². The third kappa shape index (κ3) is 5.11. The Morgan fingerprint density at radius 1 is 1.19 bits per heavy atom. The molecule has 5 nitrogen and oxygen atoms in total. The van der Waals surface area contributed by atoms with E-state index in [1.807, 2.05) is 30.5 Å². The van der Waals surface area contributed by atoms with Crippen molar-refractivity contribution in [1.82, 2.24) is 14.9 Å². The number of aromatic nitrogens is 2. The zero-order chi connectivity index (χ0) is 19.2. The second kappa shape index (κ2) is 8.73. The highest BCUT2D eigenvalue weighted by Crippen LogP contribution is 2.20. The Kier molecular flexibility index (Phi) is 6.14. The highest BCUT2D eigenvalue weighted by Gasteiger charge is 2.14. The normalized spacial score (nSPS) is 12.3. The average Bonchev–Trinajstić information content (AvgIpc) is 2.67. The summed E-state index contributed by atoms with van der Waals surface area (Å²) in [5.74, 6) is -0.0708. The summed E-state index contributed by atoms with van der Waals surface area (Å²) in [4.78, 5) is 22.7. The number of pyridine rings is 2. The number of amides is 1. The molecule has 0 bridgehead atoms. The summed E-state index contributed by atoms with van der Waals surface area (Å²) < 4.78 is 0. The van der Waals surface area contributed by atoms with Crippen molar-refractivity contribution in [2.45, 2.75) is 46.3 Å². The van der Waals surface area contributed by atoms with E-state index in [2.05, 4.69) is 47.2 Å². The van der Waals surface area contributed by atoms with Crippen molar-refractivity contribution < 1.29 is 4.79 Å². The van der Waals surface area contributed by atoms with Crippen molar-refractivity contribution in [1.29, 1.82) is 0 Å². The number of fused-ring (bicyclic) bond motifs is 1. The highest BCUT2D eigenvalue weighted by molar-refractivity contribution is 5.92. The molecule has 0 saturated heterocycles. The van der Waals surface area contributed by atoms with Gasteiger partial charge in [0.05, 0.1) is 11.2 Å². The van der Waals surface area contributed by atoms with E-state index in [-0.39, 0.29) is 5.91 Å². The number of carbonyl (C=O) groups is 1. The van der Waals surface area contributed by atoms with E-state index in [0.717, 1.165) is 41.8 Å². The van der Waals surface area contributed by atoms with Gasteiger partial charge in [-0.25, -0.2) is 0 Å². The van der Waals surface area contributed by atoms with Crippen LogP contribution in [0.2, 0.25) is 0 Å². The number of anilines is 1. The smallest absolute Gasteiger partial charge is 0.221 e. The lowest BCUT2D eigenvalue weighted by Gasteiger charge is -2.28. The van der Waals surface area contributed by atoms with E-state index in [1.54, 1.807) is 6.20 Å². The Labute approximate surface area is 160 Å². The molecule has 3 aromatic rings. The average molecular weight is 362 g/mol. The second-order valence-corrected chi connectivity index (χ2v) is 6.91. The van der Waals surface area contributed by atoms with E-state index in [1.165, 1.54) is 12.5 Å². The number of benzene rings is 1. The topological polar surface area (TPSA) is 58.1 Å². The Balaban J connectivity index is 1.80. The molecule has 0 saturated carbocycles. The quantitative estimate of drug-likeness (QED) is 0.677. The van der Waals surface area contributed by atoms with Crippen LogP contribution in [0.15, 0.2) is 54.9 Å². The second-order valence-electron chi connectivity index (χ2n) is 6.91. The molecule has 0 fully saturated rings. The molecule has 1 atom stereocenters. The van der Waals surface area contributed by atoms with E-state index >= 15 is 0 Å². The summed E-state index contributed by atoms with van der Waals surface area (Å²) in [6.45, 7) is 7.60. The number of rotatable bonds is 7. The third-order valence-electron chi connectivity index (χ3n) is 4.75. The predicted molar refractivity (Wildman–Crippen MR) is 109 cm³/mol. The number of nitrogens with zero attached hydrogens (tertiary/aromatic N) is 3. The summed E-state index contributed by atoms with van der Waals surface area (Å²) in [5, 5.41) is 3.83. The molecule has 2 aromatic heterocycles. The van der Waals surface area contributed by atoms with E-state index in [0.29, 0.717) is 6.04 Å². The maximum atomic E-state index is 11.2. The first-order chi connectivity index (χ1) is 13.0. The van der Waals surface area contributed by atoms with Crippen LogP contribution in [0, 0.1) is 0 Å². The van der Waals surface area contributed by atoms with Crippen molar-refractivity contribution in [2.24, 2.45) is 0 Å². The first kappa shape index (κ1) is 19.0. The van der Waals surface area contributed by atoms with Crippen molar-refractivity contribution in [2.75, 3.05) is 5.32 Å². The maximum absolute atomic E-state index is 11.2. The van der Waals surface area contributed by atoms with Gasteiger partial charge in [-0.1, -0.05) is 19.1 Å². The molecule has 27 heavy (non-hydrogen) atoms. The number of nitrogens with one attached hydrogen (secondary N) is 1. The molecular formula is C22H26N4O. The van der Waals surface area contributed by atoms with Crippen LogP contribution in [-0.4, -0.2) is 26.8 Å². The zero-order valence-corrected chi connectivity index (χ0v) is 16.1. The number of hydrogen-bond donors (Lipinski definition) is 1. The van der Waals surface area contributed by atoms with E-state index in [4.69, 9.17) is 4.98 Å². The predicted octanol–water partition coefficient (Wildman–Crippen LogP) is 4.39. The third-order valence-corrected chi connectivity index (χ3v) is 4.75. The molecule has 1 N–H and O–H groups in total. The van der Waals surface area contributed by atoms with Crippen LogP contribution in [0.25, 0.3) is 10.9 Å². The van der Waals surface area contributed by atoms with Gasteiger partial charge in [-0.3, -0.25) is 19.7 Å². The van der Waals surface area contributed by atoms with E-state index in [9.17, 15) is 4.79 Å². The molecule has 2 heterocycles. The lowest BCUT2D eigenvalue weighted by molar-refractivity contribution is -0.114. The van der Waals surface area contributed by atoms with Crippen LogP contribution in [0.3, 0.4) is 0 Å². The summed E-state index contributed by atoms with van der Waals surface area (Å²) in [7, 11) is 0. The van der Waals surface area contributed by atoms with Crippen LogP contribution < -0.4 is 5.32 Å². The van der Waals surface area contributed by atoms with Crippen LogP contribution in [0.5, 0.6) is 0 Å². The Hall–Kier alpha value is -2.79. The van der Waals surface area contributed by atoms with Gasteiger partial charge < -0.3 is 5.32 Å².